The first kappa shape index (κ1) is 9.34. The number of carbonyl (C=O) groups excluding carboxylic acids is 1. The Morgan fingerprint density at radius 2 is 2.29 bits per heavy atom. The number of rotatable bonds is 1. The van der Waals surface area contributed by atoms with Crippen LogP contribution >= 0.6 is 11.6 Å². The van der Waals surface area contributed by atoms with E-state index in [1.54, 1.807) is 6.07 Å². The molecule has 1 fully saturated rings. The third kappa shape index (κ3) is 1.68. The van der Waals surface area contributed by atoms with Gasteiger partial charge in [0.2, 0.25) is 5.91 Å². The quantitative estimate of drug-likeness (QED) is 0.696. The van der Waals surface area contributed by atoms with E-state index in [1.807, 2.05) is 12.1 Å². The van der Waals surface area contributed by atoms with E-state index < -0.39 is 0 Å². The maximum Gasteiger partial charge on any atom is 0.220 e. The highest BCUT2D eigenvalue weighted by molar-refractivity contribution is 6.33. The van der Waals surface area contributed by atoms with Crippen molar-refractivity contribution in [1.82, 2.24) is 5.32 Å². The number of benzene rings is 1. The summed E-state index contributed by atoms with van der Waals surface area (Å²) in [5, 5.41) is 3.42. The molecule has 0 spiro atoms. The van der Waals surface area contributed by atoms with Crippen LogP contribution in [-0.2, 0) is 4.79 Å². The van der Waals surface area contributed by atoms with Gasteiger partial charge in [0.1, 0.15) is 0 Å². The Kier molecular flexibility index (Phi) is 2.33. The lowest BCUT2D eigenvalue weighted by atomic mass is 10.1. The van der Waals surface area contributed by atoms with Gasteiger partial charge in [-0.3, -0.25) is 4.79 Å². The van der Waals surface area contributed by atoms with Crippen LogP contribution in [0.2, 0.25) is 5.02 Å². The summed E-state index contributed by atoms with van der Waals surface area (Å²) in [6.45, 7) is 0. The zero-order chi connectivity index (χ0) is 10.1. The number of nitrogens with one attached hydrogen (secondary N) is 1. The number of nitrogen functional groups attached to an aromatic ring is 1. The smallest absolute Gasteiger partial charge is 0.220 e. The fourth-order valence-corrected chi connectivity index (χ4v) is 1.81. The Labute approximate surface area is 87.2 Å². The maximum atomic E-state index is 11.0. The number of hydrogen-bond acceptors (Lipinski definition) is 2. The summed E-state index contributed by atoms with van der Waals surface area (Å²) in [6.07, 6.45) is 1.42. The zero-order valence-electron chi connectivity index (χ0n) is 7.59. The van der Waals surface area contributed by atoms with Crippen molar-refractivity contribution in [2.75, 3.05) is 5.73 Å². The Balaban J connectivity index is 2.24. The van der Waals surface area contributed by atoms with Crippen LogP contribution in [0.1, 0.15) is 24.4 Å². The van der Waals surface area contributed by atoms with Crippen LogP contribution in [0.5, 0.6) is 0 Å². The predicted octanol–water partition coefficient (Wildman–Crippen LogP) is 1.87. The summed E-state index contributed by atoms with van der Waals surface area (Å²) in [7, 11) is 0. The van der Waals surface area contributed by atoms with Gasteiger partial charge in [-0.1, -0.05) is 17.7 Å². The fraction of sp³-hybridized carbons (Fsp3) is 0.300. The second-order valence-corrected chi connectivity index (χ2v) is 3.85. The first-order valence-corrected chi connectivity index (χ1v) is 4.89. The molecule has 0 bridgehead atoms. The zero-order valence-corrected chi connectivity index (χ0v) is 8.34. The van der Waals surface area contributed by atoms with Crippen molar-refractivity contribution in [3.63, 3.8) is 0 Å². The topological polar surface area (TPSA) is 55.1 Å². The third-order valence-corrected chi connectivity index (χ3v) is 2.75. The molecule has 1 aromatic carbocycles. The first-order chi connectivity index (χ1) is 6.66. The van der Waals surface area contributed by atoms with Gasteiger partial charge in [0, 0.05) is 6.42 Å². The lowest BCUT2D eigenvalue weighted by Crippen LogP contribution is -2.18. The van der Waals surface area contributed by atoms with Crippen molar-refractivity contribution in [2.24, 2.45) is 0 Å². The molecule has 1 saturated heterocycles. The minimum Gasteiger partial charge on any atom is -0.398 e. The molecule has 0 aliphatic carbocycles. The van der Waals surface area contributed by atoms with E-state index in [9.17, 15) is 4.79 Å². The number of hydrogen-bond donors (Lipinski definition) is 2. The van der Waals surface area contributed by atoms with Crippen LogP contribution in [0.3, 0.4) is 0 Å². The summed E-state index contributed by atoms with van der Waals surface area (Å²) in [4.78, 5) is 11.0. The minimum absolute atomic E-state index is 0.0978. The molecule has 1 aromatic rings. The molecule has 1 aliphatic heterocycles. The number of anilines is 1. The van der Waals surface area contributed by atoms with Crippen molar-refractivity contribution < 1.29 is 4.79 Å². The molecule has 74 valence electrons. The molecule has 4 heteroatoms. The van der Waals surface area contributed by atoms with Gasteiger partial charge in [-0.2, -0.15) is 0 Å². The van der Waals surface area contributed by atoms with E-state index in [-0.39, 0.29) is 11.9 Å². The van der Waals surface area contributed by atoms with Crippen LogP contribution < -0.4 is 11.1 Å². The van der Waals surface area contributed by atoms with Crippen molar-refractivity contribution >= 4 is 23.2 Å². The third-order valence-electron chi connectivity index (χ3n) is 2.42. The van der Waals surface area contributed by atoms with E-state index in [0.29, 0.717) is 17.1 Å². The van der Waals surface area contributed by atoms with Crippen molar-refractivity contribution in [1.29, 1.82) is 0 Å². The highest BCUT2D eigenvalue weighted by atomic mass is 35.5. The minimum atomic E-state index is 0.0978. The van der Waals surface area contributed by atoms with Crippen molar-refractivity contribution in [2.45, 2.75) is 18.9 Å². The molecule has 3 N–H and O–H groups in total. The van der Waals surface area contributed by atoms with Gasteiger partial charge in [0.15, 0.2) is 0 Å². The standard InChI is InChI=1S/C10H11ClN2O/c11-7-5-6(1-2-8(7)12)9-3-4-10(14)13-9/h1-2,5,9H,3-4,12H2,(H,13,14)/t9-/m1/s1. The van der Waals surface area contributed by atoms with Gasteiger partial charge in [-0.25, -0.2) is 0 Å². The molecular formula is C10H11ClN2O. The Morgan fingerprint density at radius 1 is 1.50 bits per heavy atom. The summed E-state index contributed by atoms with van der Waals surface area (Å²) in [5.74, 6) is 0.1000. The van der Waals surface area contributed by atoms with Crippen molar-refractivity contribution in [3.8, 4) is 0 Å². The SMILES string of the molecule is Nc1ccc([C@H]2CCC(=O)N2)cc1Cl. The summed E-state index contributed by atoms with van der Waals surface area (Å²) < 4.78 is 0. The van der Waals surface area contributed by atoms with E-state index >= 15 is 0 Å². The van der Waals surface area contributed by atoms with Gasteiger partial charge in [0.05, 0.1) is 16.8 Å². The fourth-order valence-electron chi connectivity index (χ4n) is 1.62. The molecule has 1 heterocycles. The molecule has 1 amide bonds. The van der Waals surface area contributed by atoms with Crippen LogP contribution in [0.15, 0.2) is 18.2 Å². The van der Waals surface area contributed by atoms with Crippen LogP contribution in [0.4, 0.5) is 5.69 Å². The van der Waals surface area contributed by atoms with E-state index in [0.717, 1.165) is 12.0 Å². The molecular weight excluding hydrogens is 200 g/mol. The normalized spacial score (nSPS) is 20.9. The predicted molar refractivity (Wildman–Crippen MR) is 56.0 cm³/mol. The highest BCUT2D eigenvalue weighted by Crippen LogP contribution is 2.28. The lowest BCUT2D eigenvalue weighted by Gasteiger charge is -2.11. The van der Waals surface area contributed by atoms with Gasteiger partial charge >= 0.3 is 0 Å². The van der Waals surface area contributed by atoms with Crippen LogP contribution in [-0.4, -0.2) is 5.91 Å². The van der Waals surface area contributed by atoms with Crippen molar-refractivity contribution in [3.05, 3.63) is 28.8 Å². The molecule has 0 radical (unpaired) electrons. The molecule has 2 rings (SSSR count). The molecule has 14 heavy (non-hydrogen) atoms. The average molecular weight is 211 g/mol. The van der Waals surface area contributed by atoms with Crippen LogP contribution in [0.25, 0.3) is 0 Å². The number of halogens is 1. The van der Waals surface area contributed by atoms with Gasteiger partial charge in [0.25, 0.3) is 0 Å². The molecule has 1 aliphatic rings. The summed E-state index contributed by atoms with van der Waals surface area (Å²) >= 11 is 5.89. The maximum absolute atomic E-state index is 11.0. The monoisotopic (exact) mass is 210 g/mol. The average Bonchev–Trinajstić information content (AvgIpc) is 2.57. The highest BCUT2D eigenvalue weighted by Gasteiger charge is 2.22. The number of amides is 1. The second-order valence-electron chi connectivity index (χ2n) is 3.44. The first-order valence-electron chi connectivity index (χ1n) is 4.51. The molecule has 0 saturated carbocycles. The second kappa shape index (κ2) is 3.50. The van der Waals surface area contributed by atoms with E-state index in [4.69, 9.17) is 17.3 Å². The molecule has 0 unspecified atom stereocenters. The Hall–Kier alpha value is -1.22. The summed E-state index contributed by atoms with van der Waals surface area (Å²) in [6, 6.07) is 5.58. The largest absolute Gasteiger partial charge is 0.398 e. The Bertz CT molecular complexity index is 378. The number of carbonyl (C=O) groups is 1. The van der Waals surface area contributed by atoms with Gasteiger partial charge < -0.3 is 11.1 Å². The van der Waals surface area contributed by atoms with Crippen LogP contribution in [0, 0.1) is 0 Å². The van der Waals surface area contributed by atoms with Gasteiger partial charge in [-0.15, -0.1) is 0 Å². The summed E-state index contributed by atoms with van der Waals surface area (Å²) in [5.41, 5.74) is 7.19. The lowest BCUT2D eigenvalue weighted by molar-refractivity contribution is -0.119. The molecule has 1 atom stereocenters. The van der Waals surface area contributed by atoms with E-state index in [1.165, 1.54) is 0 Å². The van der Waals surface area contributed by atoms with Gasteiger partial charge in [-0.05, 0) is 24.1 Å². The van der Waals surface area contributed by atoms with E-state index in [2.05, 4.69) is 5.32 Å². The molecule has 3 nitrogen and oxygen atoms in total. The Morgan fingerprint density at radius 3 is 2.86 bits per heavy atom. The number of nitrogens with two attached hydrogens (primary N) is 1. The molecule has 0 aromatic heterocycles.